The van der Waals surface area contributed by atoms with Crippen molar-refractivity contribution in [1.29, 1.82) is 0 Å². The van der Waals surface area contributed by atoms with Crippen molar-refractivity contribution >= 4 is 23.0 Å². The van der Waals surface area contributed by atoms with Gasteiger partial charge < -0.3 is 20.0 Å². The summed E-state index contributed by atoms with van der Waals surface area (Å²) in [6.45, 7) is 6.28. The zero-order chi connectivity index (χ0) is 16.8. The highest BCUT2D eigenvalue weighted by molar-refractivity contribution is 5.79. The van der Waals surface area contributed by atoms with E-state index in [4.69, 9.17) is 4.42 Å². The second kappa shape index (κ2) is 8.15. The van der Waals surface area contributed by atoms with Crippen molar-refractivity contribution in [3.8, 4) is 0 Å². The number of oxazole rings is 1. The molecule has 1 aliphatic rings. The summed E-state index contributed by atoms with van der Waals surface area (Å²) in [6, 6.07) is 8.45. The third-order valence-electron chi connectivity index (χ3n) is 4.45. The number of anilines is 1. The van der Waals surface area contributed by atoms with Crippen molar-refractivity contribution in [2.45, 2.75) is 26.2 Å². The highest BCUT2D eigenvalue weighted by atomic mass is 16.4. The largest absolute Gasteiger partial charge is 0.423 e. The molecule has 0 unspecified atom stereocenters. The summed E-state index contributed by atoms with van der Waals surface area (Å²) in [5, 5.41) is 6.32. The third-order valence-corrected chi connectivity index (χ3v) is 4.45. The van der Waals surface area contributed by atoms with E-state index in [9.17, 15) is 4.79 Å². The molecule has 1 saturated heterocycles. The lowest BCUT2D eigenvalue weighted by molar-refractivity contribution is -0.125. The van der Waals surface area contributed by atoms with Gasteiger partial charge in [0.25, 0.3) is 6.01 Å². The van der Waals surface area contributed by atoms with E-state index >= 15 is 0 Å². The van der Waals surface area contributed by atoms with Crippen molar-refractivity contribution in [2.24, 2.45) is 5.92 Å². The maximum atomic E-state index is 12.2. The molecule has 1 fully saturated rings. The second-order valence-corrected chi connectivity index (χ2v) is 6.27. The predicted octanol–water partition coefficient (Wildman–Crippen LogP) is 2.16. The SMILES string of the molecule is CCCNCCNC(=O)C1CCN(c2nc3ccccc3o2)CC1. The number of fused-ring (bicyclic) bond motifs is 1. The topological polar surface area (TPSA) is 70.4 Å². The van der Waals surface area contributed by atoms with Crippen LogP contribution in [0.4, 0.5) is 6.01 Å². The molecule has 0 spiro atoms. The molecule has 0 saturated carbocycles. The molecule has 0 bridgehead atoms. The Morgan fingerprint density at radius 3 is 2.79 bits per heavy atom. The zero-order valence-electron chi connectivity index (χ0n) is 14.3. The van der Waals surface area contributed by atoms with Crippen LogP contribution in [-0.4, -0.2) is 43.6 Å². The molecule has 6 heteroatoms. The summed E-state index contributed by atoms with van der Waals surface area (Å²) >= 11 is 0. The van der Waals surface area contributed by atoms with Crippen LogP contribution in [0.2, 0.25) is 0 Å². The van der Waals surface area contributed by atoms with Crippen LogP contribution in [0.5, 0.6) is 0 Å². The minimum Gasteiger partial charge on any atom is -0.423 e. The summed E-state index contributed by atoms with van der Waals surface area (Å²) in [7, 11) is 0. The van der Waals surface area contributed by atoms with E-state index in [0.29, 0.717) is 12.6 Å². The first-order valence-electron chi connectivity index (χ1n) is 8.87. The van der Waals surface area contributed by atoms with Gasteiger partial charge in [-0.1, -0.05) is 19.1 Å². The number of nitrogens with zero attached hydrogens (tertiary/aromatic N) is 2. The van der Waals surface area contributed by atoms with Gasteiger partial charge in [-0.25, -0.2) is 0 Å². The van der Waals surface area contributed by atoms with Gasteiger partial charge in [0.05, 0.1) is 0 Å². The van der Waals surface area contributed by atoms with E-state index < -0.39 is 0 Å². The molecule has 0 aliphatic carbocycles. The first-order chi connectivity index (χ1) is 11.8. The Morgan fingerprint density at radius 2 is 2.04 bits per heavy atom. The van der Waals surface area contributed by atoms with Crippen molar-refractivity contribution in [1.82, 2.24) is 15.6 Å². The Labute approximate surface area is 142 Å². The minimum absolute atomic E-state index is 0.0943. The summed E-state index contributed by atoms with van der Waals surface area (Å²) in [4.78, 5) is 18.9. The standard InChI is InChI=1S/C18H26N4O2/c1-2-9-19-10-11-20-17(23)14-7-12-22(13-8-14)18-21-15-5-3-4-6-16(15)24-18/h3-6,14,19H,2,7-13H2,1H3,(H,20,23). The van der Waals surface area contributed by atoms with Gasteiger partial charge >= 0.3 is 0 Å². The first-order valence-corrected chi connectivity index (χ1v) is 8.87. The Kier molecular flexibility index (Phi) is 5.69. The van der Waals surface area contributed by atoms with Crippen molar-refractivity contribution in [3.05, 3.63) is 24.3 Å². The Bertz CT molecular complexity index is 629. The van der Waals surface area contributed by atoms with Crippen LogP contribution < -0.4 is 15.5 Å². The highest BCUT2D eigenvalue weighted by Gasteiger charge is 2.26. The molecule has 2 heterocycles. The van der Waals surface area contributed by atoms with E-state index in [-0.39, 0.29) is 11.8 Å². The number of piperidine rings is 1. The number of hydrogen-bond donors (Lipinski definition) is 2. The molecule has 0 atom stereocenters. The van der Waals surface area contributed by atoms with E-state index in [1.54, 1.807) is 0 Å². The van der Waals surface area contributed by atoms with Crippen LogP contribution in [-0.2, 0) is 4.79 Å². The minimum atomic E-state index is 0.0943. The summed E-state index contributed by atoms with van der Waals surface area (Å²) < 4.78 is 5.81. The third kappa shape index (κ3) is 4.06. The van der Waals surface area contributed by atoms with Gasteiger partial charge in [0, 0.05) is 32.1 Å². The molecule has 2 N–H and O–H groups in total. The molecular weight excluding hydrogens is 304 g/mol. The van der Waals surface area contributed by atoms with Crippen LogP contribution in [0.25, 0.3) is 11.1 Å². The van der Waals surface area contributed by atoms with Gasteiger partial charge in [-0.15, -0.1) is 0 Å². The van der Waals surface area contributed by atoms with Gasteiger partial charge in [0.2, 0.25) is 5.91 Å². The van der Waals surface area contributed by atoms with Crippen LogP contribution in [0.1, 0.15) is 26.2 Å². The van der Waals surface area contributed by atoms with Gasteiger partial charge in [-0.2, -0.15) is 4.98 Å². The van der Waals surface area contributed by atoms with Gasteiger partial charge in [0.15, 0.2) is 5.58 Å². The number of hydrogen-bond acceptors (Lipinski definition) is 5. The van der Waals surface area contributed by atoms with Gasteiger partial charge in [-0.3, -0.25) is 4.79 Å². The highest BCUT2D eigenvalue weighted by Crippen LogP contribution is 2.26. The number of carbonyl (C=O) groups excluding carboxylic acids is 1. The predicted molar refractivity (Wildman–Crippen MR) is 95.1 cm³/mol. The average molecular weight is 330 g/mol. The Morgan fingerprint density at radius 1 is 1.25 bits per heavy atom. The van der Waals surface area contributed by atoms with Gasteiger partial charge in [0.1, 0.15) is 5.52 Å². The zero-order valence-corrected chi connectivity index (χ0v) is 14.3. The lowest BCUT2D eigenvalue weighted by atomic mass is 9.96. The Hall–Kier alpha value is -2.08. The molecule has 2 aromatic rings. The number of para-hydroxylation sites is 2. The smallest absolute Gasteiger partial charge is 0.298 e. The lowest BCUT2D eigenvalue weighted by Crippen LogP contribution is -2.42. The van der Waals surface area contributed by atoms with Gasteiger partial charge in [-0.05, 0) is 37.9 Å². The summed E-state index contributed by atoms with van der Waals surface area (Å²) in [5.74, 6) is 0.266. The van der Waals surface area contributed by atoms with Crippen molar-refractivity contribution < 1.29 is 9.21 Å². The molecule has 1 aliphatic heterocycles. The first kappa shape index (κ1) is 16.8. The maximum Gasteiger partial charge on any atom is 0.298 e. The number of nitrogens with one attached hydrogen (secondary N) is 2. The second-order valence-electron chi connectivity index (χ2n) is 6.27. The molecule has 6 nitrogen and oxygen atoms in total. The average Bonchev–Trinajstić information content (AvgIpc) is 3.05. The number of aromatic nitrogens is 1. The van der Waals surface area contributed by atoms with Crippen LogP contribution in [0.15, 0.2) is 28.7 Å². The molecule has 3 rings (SSSR count). The summed E-state index contributed by atoms with van der Waals surface area (Å²) in [6.07, 6.45) is 2.79. The molecule has 130 valence electrons. The van der Waals surface area contributed by atoms with E-state index in [1.165, 1.54) is 0 Å². The fourth-order valence-electron chi connectivity index (χ4n) is 3.05. The molecule has 0 radical (unpaired) electrons. The van der Waals surface area contributed by atoms with E-state index in [0.717, 1.165) is 56.5 Å². The normalized spacial score (nSPS) is 15.8. The molecular formula is C18H26N4O2. The quantitative estimate of drug-likeness (QED) is 0.761. The van der Waals surface area contributed by atoms with Crippen LogP contribution in [0, 0.1) is 5.92 Å². The Balaban J connectivity index is 1.46. The van der Waals surface area contributed by atoms with Crippen LogP contribution in [0.3, 0.4) is 0 Å². The molecule has 24 heavy (non-hydrogen) atoms. The van der Waals surface area contributed by atoms with Crippen molar-refractivity contribution in [3.63, 3.8) is 0 Å². The number of carbonyl (C=O) groups is 1. The number of rotatable bonds is 7. The summed E-state index contributed by atoms with van der Waals surface area (Å²) in [5.41, 5.74) is 1.69. The van der Waals surface area contributed by atoms with E-state index in [2.05, 4.69) is 27.4 Å². The fourth-order valence-corrected chi connectivity index (χ4v) is 3.05. The molecule has 1 amide bonds. The molecule has 1 aromatic carbocycles. The number of benzene rings is 1. The van der Waals surface area contributed by atoms with Crippen molar-refractivity contribution in [2.75, 3.05) is 37.6 Å². The number of amides is 1. The maximum absolute atomic E-state index is 12.2. The molecule has 1 aromatic heterocycles. The van der Waals surface area contributed by atoms with E-state index in [1.807, 2.05) is 24.3 Å². The van der Waals surface area contributed by atoms with Crippen LogP contribution >= 0.6 is 0 Å². The monoisotopic (exact) mass is 330 g/mol. The fraction of sp³-hybridized carbons (Fsp3) is 0.556. The lowest BCUT2D eigenvalue weighted by Gasteiger charge is -2.30.